The summed E-state index contributed by atoms with van der Waals surface area (Å²) in [5, 5.41) is 18.8. The van der Waals surface area contributed by atoms with Crippen molar-refractivity contribution in [1.29, 1.82) is 0 Å². The third kappa shape index (κ3) is 4.05. The molecule has 1 aromatic heterocycles. The van der Waals surface area contributed by atoms with Crippen LogP contribution in [0.15, 0.2) is 71.6 Å². The number of para-hydroxylation sites is 1. The van der Waals surface area contributed by atoms with Gasteiger partial charge in [-0.3, -0.25) is 15.1 Å². The molecular weight excluding hydrogens is 396 g/mol. The number of hydrogen-bond donors (Lipinski definition) is 1. The van der Waals surface area contributed by atoms with E-state index < -0.39 is 10.9 Å². The summed E-state index contributed by atoms with van der Waals surface area (Å²) in [5.41, 5.74) is 4.10. The van der Waals surface area contributed by atoms with Gasteiger partial charge in [0.1, 0.15) is 0 Å². The minimum absolute atomic E-state index is 0.0149. The Labute approximate surface area is 179 Å². The van der Waals surface area contributed by atoms with Crippen molar-refractivity contribution in [2.75, 3.05) is 6.61 Å². The minimum Gasteiger partial charge on any atom is -0.463 e. The van der Waals surface area contributed by atoms with Gasteiger partial charge in [0, 0.05) is 58.6 Å². The highest BCUT2D eigenvalue weighted by atomic mass is 16.6. The molecule has 0 bridgehead atoms. The highest BCUT2D eigenvalue weighted by Crippen LogP contribution is 2.38. The third-order valence-corrected chi connectivity index (χ3v) is 5.26. The van der Waals surface area contributed by atoms with E-state index in [9.17, 15) is 14.9 Å². The highest BCUT2D eigenvalue weighted by Gasteiger charge is 2.32. The predicted octanol–water partition coefficient (Wildman–Crippen LogP) is 4.69. The molecule has 8 heteroatoms. The molecule has 1 aliphatic heterocycles. The summed E-state index contributed by atoms with van der Waals surface area (Å²) in [6.45, 7) is 3.85. The Kier molecular flexibility index (Phi) is 5.53. The Balaban J connectivity index is 1.76. The zero-order chi connectivity index (χ0) is 22.0. The quantitative estimate of drug-likeness (QED) is 0.271. The van der Waals surface area contributed by atoms with Crippen molar-refractivity contribution in [3.05, 3.63) is 87.7 Å². The molecule has 0 radical (unpaired) electrons. The van der Waals surface area contributed by atoms with E-state index >= 15 is 0 Å². The molecule has 4 rings (SSSR count). The summed E-state index contributed by atoms with van der Waals surface area (Å²) < 4.78 is 5.05. The number of H-pyrrole nitrogens is 1. The Bertz CT molecular complexity index is 1210. The lowest BCUT2D eigenvalue weighted by molar-refractivity contribution is -0.384. The number of benzene rings is 2. The van der Waals surface area contributed by atoms with Crippen molar-refractivity contribution in [1.82, 2.24) is 9.99 Å². The maximum atomic E-state index is 12.0. The third-order valence-electron chi connectivity index (χ3n) is 5.26. The van der Waals surface area contributed by atoms with Crippen LogP contribution in [0.2, 0.25) is 0 Å². The van der Waals surface area contributed by atoms with E-state index in [1.165, 1.54) is 18.2 Å². The monoisotopic (exact) mass is 418 g/mol. The van der Waals surface area contributed by atoms with Gasteiger partial charge in [-0.2, -0.15) is 5.10 Å². The average Bonchev–Trinajstić information content (AvgIpc) is 3.38. The topological polar surface area (TPSA) is 101 Å². The fourth-order valence-corrected chi connectivity index (χ4v) is 3.84. The van der Waals surface area contributed by atoms with E-state index in [4.69, 9.17) is 9.84 Å². The van der Waals surface area contributed by atoms with Crippen LogP contribution in [0.4, 0.5) is 5.69 Å². The molecular formula is C23H22N4O4. The normalized spacial score (nSPS) is 16.5. The highest BCUT2D eigenvalue weighted by molar-refractivity contribution is 6.03. The van der Waals surface area contributed by atoms with Crippen LogP contribution in [0.1, 0.15) is 37.4 Å². The maximum absolute atomic E-state index is 12.0. The second-order valence-electron chi connectivity index (χ2n) is 7.25. The lowest BCUT2D eigenvalue weighted by Crippen LogP contribution is -2.18. The van der Waals surface area contributed by atoms with Gasteiger partial charge in [0.05, 0.1) is 23.3 Å². The van der Waals surface area contributed by atoms with Crippen molar-refractivity contribution in [3.63, 3.8) is 0 Å². The molecule has 2 heterocycles. The molecule has 8 nitrogen and oxygen atoms in total. The molecule has 158 valence electrons. The summed E-state index contributed by atoms with van der Waals surface area (Å²) >= 11 is 0. The van der Waals surface area contributed by atoms with Gasteiger partial charge in [-0.1, -0.05) is 30.3 Å². The van der Waals surface area contributed by atoms with Crippen LogP contribution in [0.3, 0.4) is 0 Å². The van der Waals surface area contributed by atoms with Gasteiger partial charge >= 0.3 is 5.97 Å². The average molecular weight is 418 g/mol. The number of fused-ring (bicyclic) bond motifs is 1. The van der Waals surface area contributed by atoms with Gasteiger partial charge in [0.15, 0.2) is 0 Å². The summed E-state index contributed by atoms with van der Waals surface area (Å²) in [5.74, 6) is -0.434. The van der Waals surface area contributed by atoms with Crippen molar-refractivity contribution in [2.45, 2.75) is 26.3 Å². The number of nitro benzene ring substituents is 1. The molecule has 1 atom stereocenters. The van der Waals surface area contributed by atoms with E-state index in [2.05, 4.69) is 4.98 Å². The van der Waals surface area contributed by atoms with Gasteiger partial charge in [0.2, 0.25) is 0 Å². The number of aromatic amines is 1. The maximum Gasteiger partial charge on any atom is 0.332 e. The van der Waals surface area contributed by atoms with Crippen LogP contribution in [0, 0.1) is 10.1 Å². The SMILES string of the molecule is CCOC(=O)/C=C(/C)N1N=C(c2cccc([N+](=O)[O-])c2)CC1c1c[nH]c2ccccc12. The Morgan fingerprint density at radius 2 is 2.13 bits per heavy atom. The molecule has 31 heavy (non-hydrogen) atoms. The van der Waals surface area contributed by atoms with Gasteiger partial charge in [0.25, 0.3) is 5.69 Å². The first kappa shape index (κ1) is 20.3. The number of nitro groups is 1. The van der Waals surface area contributed by atoms with Crippen LogP contribution < -0.4 is 0 Å². The molecule has 1 N–H and O–H groups in total. The number of carbonyl (C=O) groups excluding carboxylic acids is 1. The Morgan fingerprint density at radius 1 is 1.32 bits per heavy atom. The number of aromatic nitrogens is 1. The van der Waals surface area contributed by atoms with Crippen LogP contribution >= 0.6 is 0 Å². The molecule has 0 aliphatic carbocycles. The molecule has 0 saturated carbocycles. The number of hydrazone groups is 1. The van der Waals surface area contributed by atoms with Crippen LogP contribution in [0.5, 0.6) is 0 Å². The summed E-state index contributed by atoms with van der Waals surface area (Å²) in [6, 6.07) is 14.3. The summed E-state index contributed by atoms with van der Waals surface area (Å²) in [4.78, 5) is 26.1. The molecule has 0 spiro atoms. The van der Waals surface area contributed by atoms with Gasteiger partial charge in [-0.05, 0) is 19.9 Å². The van der Waals surface area contributed by atoms with Gasteiger partial charge in [-0.15, -0.1) is 0 Å². The first-order valence-electron chi connectivity index (χ1n) is 10.0. The standard InChI is InChI=1S/C23H22N4O4/c1-3-31-23(28)11-15(2)26-22(19-14-24-20-10-5-4-9-18(19)20)13-21(25-26)16-7-6-8-17(12-16)27(29)30/h4-12,14,22,24H,3,13H2,1-2H3/b15-11-. The number of esters is 1. The number of allylic oxidation sites excluding steroid dienone is 1. The van der Waals surface area contributed by atoms with E-state index in [0.717, 1.165) is 22.2 Å². The number of nitrogens with zero attached hydrogens (tertiary/aromatic N) is 3. The number of nitrogens with one attached hydrogen (secondary N) is 1. The number of hydrogen-bond acceptors (Lipinski definition) is 6. The van der Waals surface area contributed by atoms with Crippen LogP contribution in [0.25, 0.3) is 10.9 Å². The van der Waals surface area contributed by atoms with E-state index in [-0.39, 0.29) is 18.3 Å². The minimum atomic E-state index is -0.434. The molecule has 1 aliphatic rings. The lowest BCUT2D eigenvalue weighted by Gasteiger charge is -2.23. The molecule has 1 unspecified atom stereocenters. The smallest absolute Gasteiger partial charge is 0.332 e. The number of rotatable bonds is 6. The second kappa shape index (κ2) is 8.43. The molecule has 0 saturated heterocycles. The lowest BCUT2D eigenvalue weighted by atomic mass is 9.97. The Hall–Kier alpha value is -3.94. The summed E-state index contributed by atoms with van der Waals surface area (Å²) in [6.07, 6.45) is 3.91. The molecule has 3 aromatic rings. The zero-order valence-corrected chi connectivity index (χ0v) is 17.2. The largest absolute Gasteiger partial charge is 0.463 e. The van der Waals surface area contributed by atoms with E-state index in [1.807, 2.05) is 36.5 Å². The first-order chi connectivity index (χ1) is 15.0. The van der Waals surface area contributed by atoms with Crippen molar-refractivity contribution < 1.29 is 14.5 Å². The van der Waals surface area contributed by atoms with Crippen molar-refractivity contribution >= 4 is 28.3 Å². The number of ether oxygens (including phenoxy) is 1. The second-order valence-corrected chi connectivity index (χ2v) is 7.25. The van der Waals surface area contributed by atoms with Crippen molar-refractivity contribution in [3.8, 4) is 0 Å². The predicted molar refractivity (Wildman–Crippen MR) is 118 cm³/mol. The van der Waals surface area contributed by atoms with E-state index in [0.29, 0.717) is 17.7 Å². The summed E-state index contributed by atoms with van der Waals surface area (Å²) in [7, 11) is 0. The van der Waals surface area contributed by atoms with Gasteiger partial charge in [-0.25, -0.2) is 4.79 Å². The molecule has 0 amide bonds. The van der Waals surface area contributed by atoms with E-state index in [1.54, 1.807) is 24.9 Å². The van der Waals surface area contributed by atoms with Crippen LogP contribution in [-0.2, 0) is 9.53 Å². The zero-order valence-electron chi connectivity index (χ0n) is 17.2. The van der Waals surface area contributed by atoms with Gasteiger partial charge < -0.3 is 9.72 Å². The van der Waals surface area contributed by atoms with Crippen molar-refractivity contribution in [2.24, 2.45) is 5.10 Å². The molecule has 2 aromatic carbocycles. The first-order valence-corrected chi connectivity index (χ1v) is 10.0. The number of carbonyl (C=O) groups is 1. The fraction of sp³-hybridized carbons (Fsp3) is 0.217. The molecule has 0 fully saturated rings. The van der Waals surface area contributed by atoms with Crippen LogP contribution in [-0.4, -0.2) is 33.2 Å². The Morgan fingerprint density at radius 3 is 2.90 bits per heavy atom. The number of non-ortho nitro benzene ring substituents is 1. The fourth-order valence-electron chi connectivity index (χ4n) is 3.84.